The smallest absolute Gasteiger partial charge is 0.250 e. The van der Waals surface area contributed by atoms with E-state index >= 15 is 0 Å². The van der Waals surface area contributed by atoms with Crippen LogP contribution in [0, 0.1) is 0 Å². The fourth-order valence-electron chi connectivity index (χ4n) is 6.14. The minimum Gasteiger partial charge on any atom is -0.497 e. The molecule has 11 nitrogen and oxygen atoms in total. The van der Waals surface area contributed by atoms with Gasteiger partial charge in [0.05, 0.1) is 26.1 Å². The Morgan fingerprint density at radius 1 is 1.07 bits per heavy atom. The Morgan fingerprint density at radius 3 is 2.37 bits per heavy atom. The molecule has 11 heteroatoms. The monoisotopic (exact) mass is 587 g/mol. The second-order valence-corrected chi connectivity index (χ2v) is 11.3. The number of aryl methyl sites for hydroxylation is 1. The number of aromatic nitrogens is 2. The summed E-state index contributed by atoms with van der Waals surface area (Å²) in [6.45, 7) is 3.95. The number of imidazole rings is 1. The fraction of sp³-hybridized carbons (Fsp3) is 0.438. The molecule has 1 aromatic heterocycles. The maximum Gasteiger partial charge on any atom is 0.250 e. The number of hydrogen-bond donors (Lipinski definition) is 2. The van der Waals surface area contributed by atoms with Crippen LogP contribution < -0.4 is 20.7 Å². The van der Waals surface area contributed by atoms with E-state index in [2.05, 4.69) is 15.2 Å². The first-order valence-electron chi connectivity index (χ1n) is 14.8. The number of hydrogen-bond acceptors (Lipinski definition) is 7. The van der Waals surface area contributed by atoms with Crippen LogP contribution in [0.3, 0.4) is 0 Å². The van der Waals surface area contributed by atoms with E-state index in [0.29, 0.717) is 57.7 Å². The van der Waals surface area contributed by atoms with Crippen LogP contribution in [0.15, 0.2) is 67.1 Å². The van der Waals surface area contributed by atoms with Crippen LogP contribution in [0.2, 0.25) is 0 Å². The highest BCUT2D eigenvalue weighted by molar-refractivity contribution is 5.94. The van der Waals surface area contributed by atoms with Crippen molar-refractivity contribution in [2.24, 2.45) is 12.8 Å². The maximum absolute atomic E-state index is 14.0. The number of methoxy groups -OCH3 is 1. The summed E-state index contributed by atoms with van der Waals surface area (Å²) in [6.07, 6.45) is 4.95. The fourth-order valence-corrected chi connectivity index (χ4v) is 6.14. The summed E-state index contributed by atoms with van der Waals surface area (Å²) < 4.78 is 7.10. The number of rotatable bonds is 10. The normalized spacial score (nSPS) is 17.7. The molecule has 3 aromatic rings. The van der Waals surface area contributed by atoms with Gasteiger partial charge >= 0.3 is 0 Å². The molecule has 2 fully saturated rings. The molecule has 1 spiro atoms. The van der Waals surface area contributed by atoms with Gasteiger partial charge in [-0.1, -0.05) is 30.3 Å². The molecule has 3 amide bonds. The van der Waals surface area contributed by atoms with Crippen molar-refractivity contribution >= 4 is 23.4 Å². The minimum absolute atomic E-state index is 0.107. The summed E-state index contributed by atoms with van der Waals surface area (Å²) >= 11 is 0. The first kappa shape index (κ1) is 30.1. The van der Waals surface area contributed by atoms with Crippen molar-refractivity contribution in [3.63, 3.8) is 0 Å². The Kier molecular flexibility index (Phi) is 9.00. The number of nitrogens with two attached hydrogens (primary N) is 1. The second kappa shape index (κ2) is 12.9. The lowest BCUT2D eigenvalue weighted by Crippen LogP contribution is -2.60. The van der Waals surface area contributed by atoms with Crippen LogP contribution in [0.1, 0.15) is 31.0 Å². The summed E-state index contributed by atoms with van der Waals surface area (Å²) in [5.41, 5.74) is 8.29. The SMILES string of the molecule is CCN1CN(c2ccccc2)C2(CCN(C(=O)C(Cc3ccc(OC)cc3)NC(=O)C(N)Cc3cncn3C)CC2)C1=O. The Balaban J connectivity index is 1.33. The topological polar surface area (TPSA) is 126 Å². The lowest BCUT2D eigenvalue weighted by molar-refractivity contribution is -0.140. The molecule has 0 saturated carbocycles. The molecular weight excluding hydrogens is 546 g/mol. The molecule has 228 valence electrons. The van der Waals surface area contributed by atoms with Crippen molar-refractivity contribution in [1.82, 2.24) is 24.7 Å². The van der Waals surface area contributed by atoms with E-state index in [1.807, 2.05) is 78.0 Å². The zero-order valence-electron chi connectivity index (χ0n) is 25.1. The number of ether oxygens (including phenoxy) is 1. The first-order chi connectivity index (χ1) is 20.8. The second-order valence-electron chi connectivity index (χ2n) is 11.3. The summed E-state index contributed by atoms with van der Waals surface area (Å²) in [6, 6.07) is 15.8. The van der Waals surface area contributed by atoms with E-state index < -0.39 is 23.5 Å². The summed E-state index contributed by atoms with van der Waals surface area (Å²) in [5, 5.41) is 2.94. The third-order valence-corrected chi connectivity index (χ3v) is 8.76. The molecule has 2 aliphatic heterocycles. The average Bonchev–Trinajstić information content (AvgIpc) is 3.56. The molecule has 0 aliphatic carbocycles. The maximum atomic E-state index is 14.0. The first-order valence-corrected chi connectivity index (χ1v) is 14.8. The van der Waals surface area contributed by atoms with Crippen LogP contribution in [0.4, 0.5) is 5.69 Å². The lowest BCUT2D eigenvalue weighted by Gasteiger charge is -2.44. The van der Waals surface area contributed by atoms with Gasteiger partial charge in [0.2, 0.25) is 17.7 Å². The molecule has 0 bridgehead atoms. The van der Waals surface area contributed by atoms with Crippen molar-refractivity contribution in [1.29, 1.82) is 0 Å². The highest BCUT2D eigenvalue weighted by atomic mass is 16.5. The van der Waals surface area contributed by atoms with E-state index in [0.717, 1.165) is 16.9 Å². The highest BCUT2D eigenvalue weighted by Gasteiger charge is 2.54. The van der Waals surface area contributed by atoms with Gasteiger partial charge in [-0.25, -0.2) is 4.98 Å². The number of amides is 3. The van der Waals surface area contributed by atoms with Gasteiger partial charge in [-0.15, -0.1) is 0 Å². The molecular formula is C32H41N7O4. The number of anilines is 1. The molecule has 3 heterocycles. The molecule has 0 radical (unpaired) electrons. The minimum atomic E-state index is -0.846. The summed E-state index contributed by atoms with van der Waals surface area (Å²) in [4.78, 5) is 50.9. The number of likely N-dealkylation sites (N-methyl/N-ethyl adjacent to an activating group) is 1. The quantitative estimate of drug-likeness (QED) is 0.370. The van der Waals surface area contributed by atoms with E-state index in [-0.39, 0.29) is 11.8 Å². The van der Waals surface area contributed by atoms with Gasteiger partial charge in [-0.05, 0) is 49.6 Å². The molecule has 2 atom stereocenters. The van der Waals surface area contributed by atoms with Crippen molar-refractivity contribution in [3.05, 3.63) is 78.4 Å². The van der Waals surface area contributed by atoms with Gasteiger partial charge in [-0.2, -0.15) is 0 Å². The summed E-state index contributed by atoms with van der Waals surface area (Å²) in [5.74, 6) is 0.229. The third-order valence-electron chi connectivity index (χ3n) is 8.76. The number of nitrogens with zero attached hydrogens (tertiary/aromatic N) is 5. The molecule has 2 aromatic carbocycles. The van der Waals surface area contributed by atoms with Crippen molar-refractivity contribution < 1.29 is 19.1 Å². The van der Waals surface area contributed by atoms with Crippen molar-refractivity contribution in [3.8, 4) is 5.75 Å². The highest BCUT2D eigenvalue weighted by Crippen LogP contribution is 2.39. The Hall–Kier alpha value is -4.38. The molecule has 2 aliphatic rings. The van der Waals surface area contributed by atoms with E-state index in [4.69, 9.17) is 10.5 Å². The largest absolute Gasteiger partial charge is 0.497 e. The number of nitrogens with one attached hydrogen (secondary N) is 1. The number of carbonyl (C=O) groups excluding carboxylic acids is 3. The molecule has 2 saturated heterocycles. The van der Waals surface area contributed by atoms with Gasteiger partial charge in [0.25, 0.3) is 0 Å². The Morgan fingerprint density at radius 2 is 1.77 bits per heavy atom. The number of carbonyl (C=O) groups is 3. The number of piperidine rings is 1. The molecule has 3 N–H and O–H groups in total. The van der Waals surface area contributed by atoms with E-state index in [9.17, 15) is 14.4 Å². The van der Waals surface area contributed by atoms with Crippen molar-refractivity contribution in [2.45, 2.75) is 50.2 Å². The molecule has 2 unspecified atom stereocenters. The van der Waals surface area contributed by atoms with Gasteiger partial charge < -0.3 is 35.1 Å². The average molecular weight is 588 g/mol. The molecule has 5 rings (SSSR count). The molecule has 43 heavy (non-hydrogen) atoms. The zero-order chi connectivity index (χ0) is 30.6. The number of para-hydroxylation sites is 1. The lowest BCUT2D eigenvalue weighted by atomic mass is 9.85. The van der Waals surface area contributed by atoms with Gasteiger partial charge in [0, 0.05) is 57.1 Å². The van der Waals surface area contributed by atoms with Crippen LogP contribution in [-0.2, 0) is 34.3 Å². The number of benzene rings is 2. The summed E-state index contributed by atoms with van der Waals surface area (Å²) in [7, 11) is 3.45. The van der Waals surface area contributed by atoms with Crippen molar-refractivity contribution in [2.75, 3.05) is 38.3 Å². The van der Waals surface area contributed by atoms with Gasteiger partial charge in [0.15, 0.2) is 0 Å². The zero-order valence-corrected chi connectivity index (χ0v) is 25.1. The van der Waals surface area contributed by atoms with Crippen LogP contribution >= 0.6 is 0 Å². The van der Waals surface area contributed by atoms with E-state index in [1.165, 1.54) is 0 Å². The third kappa shape index (κ3) is 6.22. The van der Waals surface area contributed by atoms with Crippen LogP contribution in [-0.4, -0.2) is 88.1 Å². The predicted molar refractivity (Wildman–Crippen MR) is 163 cm³/mol. The predicted octanol–water partition coefficient (Wildman–Crippen LogP) is 1.71. The Labute approximate surface area is 252 Å². The number of likely N-dealkylation sites (tertiary alicyclic amines) is 1. The van der Waals surface area contributed by atoms with Crippen LogP contribution in [0.5, 0.6) is 5.75 Å². The van der Waals surface area contributed by atoms with Gasteiger partial charge in [-0.3, -0.25) is 14.4 Å². The van der Waals surface area contributed by atoms with Crippen LogP contribution in [0.25, 0.3) is 0 Å². The van der Waals surface area contributed by atoms with Gasteiger partial charge in [0.1, 0.15) is 17.3 Å². The van der Waals surface area contributed by atoms with E-state index in [1.54, 1.807) is 24.5 Å². The Bertz CT molecular complexity index is 1420. The standard InChI is InChI=1S/C32H41N7O4/c1-4-37-22-39(24-8-6-5-7-9-24)32(31(37)42)14-16-38(17-15-32)30(41)28(18-23-10-12-26(43-3)13-11-23)35-29(40)27(33)19-25-20-34-21-36(25)2/h5-13,20-21,27-28H,4,14-19,22,33H2,1-3H3,(H,35,40).